The van der Waals surface area contributed by atoms with Gasteiger partial charge in [-0.05, 0) is 43.0 Å². The minimum atomic E-state index is -0.344. The van der Waals surface area contributed by atoms with E-state index < -0.39 is 0 Å². The van der Waals surface area contributed by atoms with Gasteiger partial charge in [-0.1, -0.05) is 24.3 Å². The van der Waals surface area contributed by atoms with E-state index in [9.17, 15) is 9.59 Å². The quantitative estimate of drug-likeness (QED) is 0.340. The number of oxazole rings is 1. The molecule has 0 amide bonds. The van der Waals surface area contributed by atoms with E-state index in [1.165, 1.54) is 13.3 Å². The molecule has 27 heavy (non-hydrogen) atoms. The van der Waals surface area contributed by atoms with Gasteiger partial charge in [0.25, 0.3) is 5.89 Å². The van der Waals surface area contributed by atoms with Crippen molar-refractivity contribution in [2.45, 2.75) is 25.7 Å². The Bertz CT molecular complexity index is 919. The number of hydrogen-bond acceptors (Lipinski definition) is 6. The molecule has 0 fully saturated rings. The number of ketones is 1. The smallest absolute Gasteiger partial charge is 0.338 e. The summed E-state index contributed by atoms with van der Waals surface area (Å²) in [5.41, 5.74) is 2.13. The summed E-state index contributed by atoms with van der Waals surface area (Å²) in [5.74, 6) is 0.0958. The van der Waals surface area contributed by atoms with Crippen LogP contribution >= 0.6 is 0 Å². The van der Waals surface area contributed by atoms with Gasteiger partial charge in [-0.15, -0.1) is 0 Å². The van der Waals surface area contributed by atoms with Gasteiger partial charge in [0.15, 0.2) is 5.76 Å². The molecule has 2 aromatic heterocycles. The van der Waals surface area contributed by atoms with Crippen LogP contribution in [0.5, 0.6) is 0 Å². The third-order valence-corrected chi connectivity index (χ3v) is 4.18. The molecule has 0 bridgehead atoms. The molecule has 0 N–H and O–H groups in total. The Labute approximate surface area is 157 Å². The second-order valence-corrected chi connectivity index (χ2v) is 6.02. The van der Waals surface area contributed by atoms with Gasteiger partial charge in [-0.25, -0.2) is 9.78 Å². The fourth-order valence-electron chi connectivity index (χ4n) is 2.79. The minimum absolute atomic E-state index is 0.102. The number of carbonyl (C=O) groups is 2. The summed E-state index contributed by atoms with van der Waals surface area (Å²) in [5, 5.41) is 0. The summed E-state index contributed by atoms with van der Waals surface area (Å²) in [6.45, 7) is 0. The molecule has 3 aromatic rings. The van der Waals surface area contributed by atoms with E-state index in [2.05, 4.69) is 9.97 Å². The lowest BCUT2D eigenvalue weighted by Crippen LogP contribution is -2.06. The highest BCUT2D eigenvalue weighted by Gasteiger charge is 2.15. The Balaban J connectivity index is 1.52. The predicted octanol–water partition coefficient (Wildman–Crippen LogP) is 4.12. The molecule has 0 aliphatic heterocycles. The molecule has 138 valence electrons. The molecule has 0 saturated carbocycles. The molecule has 0 aliphatic rings. The summed E-state index contributed by atoms with van der Waals surface area (Å²) >= 11 is 0. The molecule has 6 heteroatoms. The van der Waals surface area contributed by atoms with E-state index in [1.54, 1.807) is 24.4 Å². The topological polar surface area (TPSA) is 82.3 Å². The molecule has 3 rings (SSSR count). The Hall–Kier alpha value is -3.28. The normalized spacial score (nSPS) is 10.6. The van der Waals surface area contributed by atoms with Crippen LogP contribution in [0.4, 0.5) is 0 Å². The number of rotatable bonds is 8. The van der Waals surface area contributed by atoms with Crippen molar-refractivity contribution in [1.82, 2.24) is 9.97 Å². The van der Waals surface area contributed by atoms with Crippen LogP contribution in [0.1, 0.15) is 45.9 Å². The predicted molar refractivity (Wildman–Crippen MR) is 99.4 cm³/mol. The van der Waals surface area contributed by atoms with Gasteiger partial charge in [0.05, 0.1) is 18.9 Å². The Morgan fingerprint density at radius 2 is 1.85 bits per heavy atom. The van der Waals surface area contributed by atoms with Crippen molar-refractivity contribution in [3.05, 3.63) is 71.9 Å². The lowest BCUT2D eigenvalue weighted by molar-refractivity contribution is 0.0599. The van der Waals surface area contributed by atoms with Gasteiger partial charge >= 0.3 is 5.97 Å². The fraction of sp³-hybridized carbons (Fsp3) is 0.238. The monoisotopic (exact) mass is 364 g/mol. The average Bonchev–Trinajstić information content (AvgIpc) is 3.22. The lowest BCUT2D eigenvalue weighted by atomic mass is 10.0. The molecule has 6 nitrogen and oxygen atoms in total. The minimum Gasteiger partial charge on any atom is -0.465 e. The molecular formula is C21H20N2O4. The maximum atomic E-state index is 12.3. The van der Waals surface area contributed by atoms with Gasteiger partial charge in [0.2, 0.25) is 5.78 Å². The zero-order valence-electron chi connectivity index (χ0n) is 15.1. The number of aromatic nitrogens is 2. The molecule has 0 aliphatic carbocycles. The average molecular weight is 364 g/mol. The summed E-state index contributed by atoms with van der Waals surface area (Å²) in [6.07, 6.45) is 5.66. The lowest BCUT2D eigenvalue weighted by Gasteiger charge is -2.07. The summed E-state index contributed by atoms with van der Waals surface area (Å²) in [7, 11) is 1.37. The first kappa shape index (κ1) is 18.5. The third-order valence-electron chi connectivity index (χ3n) is 4.18. The van der Waals surface area contributed by atoms with Crippen molar-refractivity contribution < 1.29 is 18.7 Å². The number of benzene rings is 1. The van der Waals surface area contributed by atoms with E-state index in [4.69, 9.17) is 9.15 Å². The molecule has 0 radical (unpaired) electrons. The van der Waals surface area contributed by atoms with Gasteiger partial charge in [0, 0.05) is 12.6 Å². The van der Waals surface area contributed by atoms with Crippen molar-refractivity contribution >= 4 is 11.8 Å². The van der Waals surface area contributed by atoms with Crippen LogP contribution in [0.15, 0.2) is 59.3 Å². The van der Waals surface area contributed by atoms with Gasteiger partial charge in [0.1, 0.15) is 5.69 Å². The molecule has 0 saturated heterocycles. The van der Waals surface area contributed by atoms with Crippen LogP contribution < -0.4 is 0 Å². The number of methoxy groups -OCH3 is 1. The van der Waals surface area contributed by atoms with E-state index in [-0.39, 0.29) is 17.6 Å². The number of nitrogens with zero attached hydrogens (tertiary/aromatic N) is 2. The Morgan fingerprint density at radius 3 is 2.63 bits per heavy atom. The van der Waals surface area contributed by atoms with Gasteiger partial charge in [-0.3, -0.25) is 9.78 Å². The van der Waals surface area contributed by atoms with Crippen molar-refractivity contribution in [3.63, 3.8) is 0 Å². The van der Waals surface area contributed by atoms with E-state index in [0.717, 1.165) is 12.0 Å². The zero-order chi connectivity index (χ0) is 19.1. The van der Waals surface area contributed by atoms with Crippen LogP contribution in [0.2, 0.25) is 0 Å². The Kier molecular flexibility index (Phi) is 6.10. The third kappa shape index (κ3) is 4.67. The first-order valence-corrected chi connectivity index (χ1v) is 8.75. The molecular weight excluding hydrogens is 344 g/mol. The summed E-state index contributed by atoms with van der Waals surface area (Å²) in [4.78, 5) is 32.3. The number of Topliss-reactive ketones (excluding diaryl/α,β-unsaturated/α-hetero) is 1. The fourth-order valence-corrected chi connectivity index (χ4v) is 2.79. The van der Waals surface area contributed by atoms with Crippen LogP contribution in [-0.4, -0.2) is 28.8 Å². The highest BCUT2D eigenvalue weighted by Crippen LogP contribution is 2.19. The standard InChI is InChI=1S/C21H20N2O4/c1-26-21(25)16-10-4-2-8-15(16)9-3-5-12-18(24)20-23-14-19(27-20)17-11-6-7-13-22-17/h2,4,6-8,10-11,13-14H,3,5,9,12H2,1H3. The highest BCUT2D eigenvalue weighted by molar-refractivity contribution is 5.92. The van der Waals surface area contributed by atoms with Crippen LogP contribution in [0.25, 0.3) is 11.5 Å². The maximum absolute atomic E-state index is 12.3. The van der Waals surface area contributed by atoms with Gasteiger partial charge < -0.3 is 9.15 Å². The summed E-state index contributed by atoms with van der Waals surface area (Å²) < 4.78 is 10.3. The number of carbonyl (C=O) groups excluding carboxylic acids is 2. The highest BCUT2D eigenvalue weighted by atomic mass is 16.5. The number of pyridine rings is 1. The number of hydrogen-bond donors (Lipinski definition) is 0. The van der Waals surface area contributed by atoms with Gasteiger partial charge in [-0.2, -0.15) is 0 Å². The number of aryl methyl sites for hydroxylation is 1. The SMILES string of the molecule is COC(=O)c1ccccc1CCCCC(=O)c1ncc(-c2ccccn2)o1. The van der Waals surface area contributed by atoms with Crippen molar-refractivity contribution in [2.75, 3.05) is 7.11 Å². The molecule has 0 atom stereocenters. The van der Waals surface area contributed by atoms with E-state index in [1.807, 2.05) is 24.3 Å². The number of esters is 1. The van der Waals surface area contributed by atoms with E-state index in [0.29, 0.717) is 36.3 Å². The van der Waals surface area contributed by atoms with Crippen LogP contribution in [0.3, 0.4) is 0 Å². The maximum Gasteiger partial charge on any atom is 0.338 e. The second-order valence-electron chi connectivity index (χ2n) is 6.02. The largest absolute Gasteiger partial charge is 0.465 e. The first-order valence-electron chi connectivity index (χ1n) is 8.75. The zero-order valence-corrected chi connectivity index (χ0v) is 15.1. The molecule has 0 spiro atoms. The van der Waals surface area contributed by atoms with Crippen molar-refractivity contribution in [1.29, 1.82) is 0 Å². The first-order chi connectivity index (χ1) is 13.2. The van der Waals surface area contributed by atoms with E-state index >= 15 is 0 Å². The number of ether oxygens (including phenoxy) is 1. The number of unbranched alkanes of at least 4 members (excludes halogenated alkanes) is 1. The summed E-state index contributed by atoms with van der Waals surface area (Å²) in [6, 6.07) is 12.8. The van der Waals surface area contributed by atoms with Crippen LogP contribution in [0, 0.1) is 0 Å². The molecule has 0 unspecified atom stereocenters. The van der Waals surface area contributed by atoms with Crippen LogP contribution in [-0.2, 0) is 11.2 Å². The second kappa shape index (κ2) is 8.89. The molecule has 2 heterocycles. The van der Waals surface area contributed by atoms with Crippen molar-refractivity contribution in [2.24, 2.45) is 0 Å². The molecule has 1 aromatic carbocycles. The Morgan fingerprint density at radius 1 is 1.04 bits per heavy atom. The van der Waals surface area contributed by atoms with Crippen molar-refractivity contribution in [3.8, 4) is 11.5 Å².